The van der Waals surface area contributed by atoms with Gasteiger partial charge in [0.05, 0.1) is 17.3 Å². The minimum absolute atomic E-state index is 0.199. The van der Waals surface area contributed by atoms with E-state index in [9.17, 15) is 4.79 Å². The van der Waals surface area contributed by atoms with Gasteiger partial charge < -0.3 is 15.8 Å². The summed E-state index contributed by atoms with van der Waals surface area (Å²) in [5.74, 6) is 0.272. The summed E-state index contributed by atoms with van der Waals surface area (Å²) in [5.41, 5.74) is 6.84. The Morgan fingerprint density at radius 2 is 2.26 bits per heavy atom. The van der Waals surface area contributed by atoms with Crippen LogP contribution in [-0.4, -0.2) is 22.8 Å². The van der Waals surface area contributed by atoms with E-state index in [4.69, 9.17) is 10.5 Å². The molecule has 0 bridgehead atoms. The van der Waals surface area contributed by atoms with E-state index in [1.54, 1.807) is 38.6 Å². The lowest BCUT2D eigenvalue weighted by Crippen LogP contribution is -2.14. The Bertz CT molecular complexity index is 624. The molecule has 1 heterocycles. The largest absolute Gasteiger partial charge is 0.495 e. The van der Waals surface area contributed by atoms with Gasteiger partial charge in [-0.25, -0.2) is 0 Å². The van der Waals surface area contributed by atoms with Crippen LogP contribution in [0.25, 0.3) is 0 Å². The summed E-state index contributed by atoms with van der Waals surface area (Å²) in [6.07, 6.45) is 1.58. The van der Waals surface area contributed by atoms with Crippen molar-refractivity contribution in [2.75, 3.05) is 18.2 Å². The number of nitrogens with two attached hydrogens (primary N) is 1. The Kier molecular flexibility index (Phi) is 3.75. The average Bonchev–Trinajstić information content (AvgIpc) is 2.71. The van der Waals surface area contributed by atoms with Crippen LogP contribution in [0, 0.1) is 0 Å². The zero-order chi connectivity index (χ0) is 14.0. The van der Waals surface area contributed by atoms with Gasteiger partial charge in [0, 0.05) is 25.0 Å². The first-order valence-corrected chi connectivity index (χ1v) is 6.24. The van der Waals surface area contributed by atoms with Gasteiger partial charge in [0.25, 0.3) is 5.91 Å². The standard InChI is InChI=1S/C12H13BrN4O2/c1-17-6-9(14)11(16-17)12(18)15-7-3-4-8(13)10(5-7)19-2/h3-6H,14H2,1-2H3,(H,15,18). The molecule has 0 aliphatic carbocycles. The van der Waals surface area contributed by atoms with Crippen molar-refractivity contribution in [3.8, 4) is 5.75 Å². The number of nitrogen functional groups attached to an aromatic ring is 1. The third-order valence-electron chi connectivity index (χ3n) is 2.48. The van der Waals surface area contributed by atoms with E-state index < -0.39 is 0 Å². The highest BCUT2D eigenvalue weighted by Crippen LogP contribution is 2.28. The highest BCUT2D eigenvalue weighted by atomic mass is 79.9. The maximum absolute atomic E-state index is 12.0. The smallest absolute Gasteiger partial charge is 0.278 e. The average molecular weight is 325 g/mol. The molecule has 1 amide bonds. The lowest BCUT2D eigenvalue weighted by atomic mass is 10.3. The quantitative estimate of drug-likeness (QED) is 0.905. The second-order valence-corrected chi connectivity index (χ2v) is 4.76. The number of rotatable bonds is 3. The lowest BCUT2D eigenvalue weighted by molar-refractivity contribution is 0.102. The van der Waals surface area contributed by atoms with Crippen LogP contribution in [0.5, 0.6) is 5.75 Å². The summed E-state index contributed by atoms with van der Waals surface area (Å²) in [6, 6.07) is 5.25. The molecule has 3 N–H and O–H groups in total. The van der Waals surface area contributed by atoms with Crippen molar-refractivity contribution in [1.82, 2.24) is 9.78 Å². The van der Waals surface area contributed by atoms with Crippen molar-refractivity contribution in [2.45, 2.75) is 0 Å². The molecule has 0 fully saturated rings. The molecule has 100 valence electrons. The number of aromatic nitrogens is 2. The molecule has 0 atom stereocenters. The Hall–Kier alpha value is -2.02. The van der Waals surface area contributed by atoms with Crippen LogP contribution < -0.4 is 15.8 Å². The van der Waals surface area contributed by atoms with Crippen LogP contribution in [0.1, 0.15) is 10.5 Å². The van der Waals surface area contributed by atoms with Crippen molar-refractivity contribution in [1.29, 1.82) is 0 Å². The van der Waals surface area contributed by atoms with E-state index in [1.165, 1.54) is 4.68 Å². The molecule has 0 aliphatic rings. The summed E-state index contributed by atoms with van der Waals surface area (Å²) >= 11 is 3.34. The van der Waals surface area contributed by atoms with Gasteiger partial charge in [-0.3, -0.25) is 9.48 Å². The summed E-state index contributed by atoms with van der Waals surface area (Å²) < 4.78 is 7.46. The van der Waals surface area contributed by atoms with Gasteiger partial charge in [0.15, 0.2) is 5.69 Å². The van der Waals surface area contributed by atoms with E-state index in [1.807, 2.05) is 0 Å². The van der Waals surface area contributed by atoms with E-state index in [0.29, 0.717) is 17.1 Å². The lowest BCUT2D eigenvalue weighted by Gasteiger charge is -2.07. The predicted octanol–water partition coefficient (Wildman–Crippen LogP) is 2.03. The highest BCUT2D eigenvalue weighted by Gasteiger charge is 2.14. The molecule has 1 aromatic heterocycles. The van der Waals surface area contributed by atoms with Crippen LogP contribution in [-0.2, 0) is 7.05 Å². The minimum atomic E-state index is -0.359. The third-order valence-corrected chi connectivity index (χ3v) is 3.14. The number of nitrogens with zero attached hydrogens (tertiary/aromatic N) is 2. The van der Waals surface area contributed by atoms with Gasteiger partial charge in [0.2, 0.25) is 0 Å². The second kappa shape index (κ2) is 5.31. The molecule has 0 unspecified atom stereocenters. The molecule has 2 rings (SSSR count). The number of anilines is 2. The molecule has 0 spiro atoms. The van der Waals surface area contributed by atoms with Crippen LogP contribution in [0.2, 0.25) is 0 Å². The number of nitrogens with one attached hydrogen (secondary N) is 1. The van der Waals surface area contributed by atoms with Crippen molar-refractivity contribution < 1.29 is 9.53 Å². The topological polar surface area (TPSA) is 82.2 Å². The zero-order valence-electron chi connectivity index (χ0n) is 10.5. The second-order valence-electron chi connectivity index (χ2n) is 3.91. The Balaban J connectivity index is 2.21. The first kappa shape index (κ1) is 13.4. The molecule has 7 heteroatoms. The van der Waals surface area contributed by atoms with Gasteiger partial charge in [0.1, 0.15) is 5.75 Å². The van der Waals surface area contributed by atoms with Crippen LogP contribution in [0.3, 0.4) is 0 Å². The molecule has 1 aromatic carbocycles. The number of carbonyl (C=O) groups excluding carboxylic acids is 1. The Morgan fingerprint density at radius 1 is 1.53 bits per heavy atom. The minimum Gasteiger partial charge on any atom is -0.495 e. The van der Waals surface area contributed by atoms with E-state index in [2.05, 4.69) is 26.3 Å². The van der Waals surface area contributed by atoms with Gasteiger partial charge in [-0.1, -0.05) is 0 Å². The van der Waals surface area contributed by atoms with Crippen molar-refractivity contribution in [3.63, 3.8) is 0 Å². The van der Waals surface area contributed by atoms with Crippen LogP contribution in [0.15, 0.2) is 28.9 Å². The number of carbonyl (C=O) groups is 1. The first-order chi connectivity index (χ1) is 9.01. The third kappa shape index (κ3) is 2.87. The fraction of sp³-hybridized carbons (Fsp3) is 0.167. The molecule has 0 saturated carbocycles. The van der Waals surface area contributed by atoms with Gasteiger partial charge >= 0.3 is 0 Å². The van der Waals surface area contributed by atoms with Gasteiger partial charge in [-0.2, -0.15) is 5.10 Å². The number of hydrogen-bond acceptors (Lipinski definition) is 4. The Morgan fingerprint density at radius 3 is 2.84 bits per heavy atom. The molecule has 2 aromatic rings. The number of methoxy groups -OCH3 is 1. The maximum atomic E-state index is 12.0. The number of hydrogen-bond donors (Lipinski definition) is 2. The monoisotopic (exact) mass is 324 g/mol. The molecular weight excluding hydrogens is 312 g/mol. The molecular formula is C12H13BrN4O2. The number of halogens is 1. The van der Waals surface area contributed by atoms with Crippen LogP contribution >= 0.6 is 15.9 Å². The number of benzene rings is 1. The molecule has 0 radical (unpaired) electrons. The SMILES string of the molecule is COc1cc(NC(=O)c2nn(C)cc2N)ccc1Br. The fourth-order valence-electron chi connectivity index (χ4n) is 1.61. The van der Waals surface area contributed by atoms with Gasteiger partial charge in [-0.05, 0) is 28.1 Å². The molecule has 0 aliphatic heterocycles. The van der Waals surface area contributed by atoms with Crippen LogP contribution in [0.4, 0.5) is 11.4 Å². The fourth-order valence-corrected chi connectivity index (χ4v) is 2.02. The van der Waals surface area contributed by atoms with E-state index in [0.717, 1.165) is 4.47 Å². The number of aryl methyl sites for hydroxylation is 1. The molecule has 0 saturated heterocycles. The first-order valence-electron chi connectivity index (χ1n) is 5.45. The van der Waals surface area contributed by atoms with Crippen molar-refractivity contribution in [3.05, 3.63) is 34.6 Å². The van der Waals surface area contributed by atoms with Crippen molar-refractivity contribution in [2.24, 2.45) is 7.05 Å². The number of ether oxygens (including phenoxy) is 1. The number of amides is 1. The summed E-state index contributed by atoms with van der Waals surface area (Å²) in [6.45, 7) is 0. The Labute approximate surface area is 118 Å². The zero-order valence-corrected chi connectivity index (χ0v) is 12.1. The molecule has 6 nitrogen and oxygen atoms in total. The predicted molar refractivity (Wildman–Crippen MR) is 76.3 cm³/mol. The highest BCUT2D eigenvalue weighted by molar-refractivity contribution is 9.10. The summed E-state index contributed by atoms with van der Waals surface area (Å²) in [4.78, 5) is 12.0. The van der Waals surface area contributed by atoms with E-state index in [-0.39, 0.29) is 11.6 Å². The maximum Gasteiger partial charge on any atom is 0.278 e. The van der Waals surface area contributed by atoms with Crippen molar-refractivity contribution >= 4 is 33.2 Å². The van der Waals surface area contributed by atoms with E-state index >= 15 is 0 Å². The summed E-state index contributed by atoms with van der Waals surface area (Å²) in [5, 5.41) is 6.72. The summed E-state index contributed by atoms with van der Waals surface area (Å²) in [7, 11) is 3.26. The molecule has 19 heavy (non-hydrogen) atoms. The van der Waals surface area contributed by atoms with Gasteiger partial charge in [-0.15, -0.1) is 0 Å². The normalized spacial score (nSPS) is 10.3.